The number of aryl methyl sites for hydroxylation is 2. The van der Waals surface area contributed by atoms with E-state index >= 15 is 0 Å². The first kappa shape index (κ1) is 16.1. The van der Waals surface area contributed by atoms with E-state index in [9.17, 15) is 4.79 Å². The lowest BCUT2D eigenvalue weighted by molar-refractivity contribution is 0.0952. The standard InChI is InChI=1S/C19H17N3OS2/c1-11-18(14-5-3-4-6-15(14)21-11)19(23)20-9-13-7-8-17(25-13)16-10-24-12(2)22-16/h3-8,10,21H,9H2,1-2H3,(H,20,23). The predicted molar refractivity (Wildman–Crippen MR) is 104 cm³/mol. The Balaban J connectivity index is 1.50. The van der Waals surface area contributed by atoms with E-state index in [2.05, 4.69) is 32.8 Å². The molecule has 126 valence electrons. The molecule has 6 heteroatoms. The van der Waals surface area contributed by atoms with E-state index in [1.54, 1.807) is 22.7 Å². The van der Waals surface area contributed by atoms with Crippen molar-refractivity contribution in [1.82, 2.24) is 15.3 Å². The molecular formula is C19H17N3OS2. The molecule has 0 aliphatic heterocycles. The first-order valence-corrected chi connectivity index (χ1v) is 9.68. The molecule has 0 bridgehead atoms. The molecule has 0 unspecified atom stereocenters. The highest BCUT2D eigenvalue weighted by molar-refractivity contribution is 7.16. The summed E-state index contributed by atoms with van der Waals surface area (Å²) < 4.78 is 0. The van der Waals surface area contributed by atoms with E-state index in [1.807, 2.05) is 38.1 Å². The Bertz CT molecular complexity index is 1060. The number of fused-ring (bicyclic) bond motifs is 1. The third-order valence-electron chi connectivity index (χ3n) is 4.08. The van der Waals surface area contributed by atoms with E-state index in [-0.39, 0.29) is 5.91 Å². The SMILES string of the molecule is Cc1nc(-c2ccc(CNC(=O)c3c(C)[nH]c4ccccc34)s2)cs1. The van der Waals surface area contributed by atoms with Crippen LogP contribution in [0.15, 0.2) is 41.8 Å². The summed E-state index contributed by atoms with van der Waals surface area (Å²) in [5.74, 6) is -0.0468. The molecule has 4 aromatic rings. The van der Waals surface area contributed by atoms with E-state index in [4.69, 9.17) is 0 Å². The Morgan fingerprint density at radius 1 is 1.20 bits per heavy atom. The van der Waals surface area contributed by atoms with E-state index < -0.39 is 0 Å². The summed E-state index contributed by atoms with van der Waals surface area (Å²) in [4.78, 5) is 22.7. The third kappa shape index (κ3) is 3.10. The number of aromatic amines is 1. The van der Waals surface area contributed by atoms with Crippen molar-refractivity contribution in [2.45, 2.75) is 20.4 Å². The lowest BCUT2D eigenvalue weighted by atomic mass is 10.1. The van der Waals surface area contributed by atoms with Gasteiger partial charge in [-0.3, -0.25) is 4.79 Å². The van der Waals surface area contributed by atoms with Gasteiger partial charge in [0.25, 0.3) is 5.91 Å². The number of para-hydroxylation sites is 1. The maximum Gasteiger partial charge on any atom is 0.254 e. The van der Waals surface area contributed by atoms with Gasteiger partial charge < -0.3 is 10.3 Å². The maximum atomic E-state index is 12.7. The van der Waals surface area contributed by atoms with Gasteiger partial charge in [-0.25, -0.2) is 4.98 Å². The Kier molecular flexibility index (Phi) is 4.15. The van der Waals surface area contributed by atoms with Gasteiger partial charge >= 0.3 is 0 Å². The second-order valence-electron chi connectivity index (χ2n) is 5.87. The summed E-state index contributed by atoms with van der Waals surface area (Å²) in [5, 5.41) is 7.13. The second-order valence-corrected chi connectivity index (χ2v) is 8.10. The average Bonchev–Trinajstić information content (AvgIpc) is 3.30. The zero-order valence-corrected chi connectivity index (χ0v) is 15.6. The molecule has 3 aromatic heterocycles. The van der Waals surface area contributed by atoms with Crippen LogP contribution in [0.4, 0.5) is 0 Å². The van der Waals surface area contributed by atoms with Crippen LogP contribution >= 0.6 is 22.7 Å². The number of nitrogens with one attached hydrogen (secondary N) is 2. The van der Waals surface area contributed by atoms with Gasteiger partial charge in [0.2, 0.25) is 0 Å². The first-order chi connectivity index (χ1) is 12.1. The van der Waals surface area contributed by atoms with Crippen LogP contribution in [-0.4, -0.2) is 15.9 Å². The molecule has 0 aliphatic carbocycles. The molecule has 1 aromatic carbocycles. The lowest BCUT2D eigenvalue weighted by Gasteiger charge is -2.04. The average molecular weight is 367 g/mol. The molecule has 25 heavy (non-hydrogen) atoms. The number of thiazole rings is 1. The number of carbonyl (C=O) groups is 1. The summed E-state index contributed by atoms with van der Waals surface area (Å²) in [6, 6.07) is 12.0. The van der Waals surface area contributed by atoms with Crippen LogP contribution in [0.1, 0.15) is 25.9 Å². The van der Waals surface area contributed by atoms with Gasteiger partial charge in [0.1, 0.15) is 0 Å². The number of H-pyrrole nitrogens is 1. The number of nitrogens with zero attached hydrogens (tertiary/aromatic N) is 1. The van der Waals surface area contributed by atoms with Crippen molar-refractivity contribution in [3.05, 3.63) is 62.9 Å². The van der Waals surface area contributed by atoms with Crippen molar-refractivity contribution in [3.63, 3.8) is 0 Å². The first-order valence-electron chi connectivity index (χ1n) is 7.98. The molecule has 0 aliphatic rings. The maximum absolute atomic E-state index is 12.7. The monoisotopic (exact) mass is 367 g/mol. The Labute approximate surface area is 153 Å². The molecule has 4 rings (SSSR count). The molecule has 0 spiro atoms. The zero-order chi connectivity index (χ0) is 17.4. The molecular weight excluding hydrogens is 350 g/mol. The molecule has 1 amide bonds. The molecule has 0 saturated carbocycles. The Morgan fingerprint density at radius 2 is 2.04 bits per heavy atom. The number of carbonyl (C=O) groups excluding carboxylic acids is 1. The number of benzene rings is 1. The van der Waals surface area contributed by atoms with E-state index in [0.717, 1.165) is 42.6 Å². The summed E-state index contributed by atoms with van der Waals surface area (Å²) in [6.45, 7) is 4.46. The van der Waals surface area contributed by atoms with Gasteiger partial charge in [0.05, 0.1) is 27.7 Å². The summed E-state index contributed by atoms with van der Waals surface area (Å²) in [6.07, 6.45) is 0. The largest absolute Gasteiger partial charge is 0.358 e. The van der Waals surface area contributed by atoms with Crippen LogP contribution in [0.2, 0.25) is 0 Å². The summed E-state index contributed by atoms with van der Waals surface area (Å²) in [7, 11) is 0. The van der Waals surface area contributed by atoms with Crippen LogP contribution in [0.5, 0.6) is 0 Å². The van der Waals surface area contributed by atoms with Crippen LogP contribution in [0, 0.1) is 13.8 Å². The van der Waals surface area contributed by atoms with Gasteiger partial charge in [-0.05, 0) is 32.0 Å². The highest BCUT2D eigenvalue weighted by Crippen LogP contribution is 2.29. The van der Waals surface area contributed by atoms with Gasteiger partial charge in [-0.15, -0.1) is 22.7 Å². The number of hydrogen-bond donors (Lipinski definition) is 2. The molecule has 0 fully saturated rings. The number of thiophene rings is 1. The minimum absolute atomic E-state index is 0.0468. The number of aromatic nitrogens is 2. The van der Waals surface area contributed by atoms with E-state index in [1.165, 1.54) is 0 Å². The van der Waals surface area contributed by atoms with Gasteiger partial charge in [0, 0.05) is 26.9 Å². The fourth-order valence-electron chi connectivity index (χ4n) is 2.91. The van der Waals surface area contributed by atoms with Crippen molar-refractivity contribution in [2.75, 3.05) is 0 Å². The minimum atomic E-state index is -0.0468. The van der Waals surface area contributed by atoms with Gasteiger partial charge in [0.15, 0.2) is 0 Å². The van der Waals surface area contributed by atoms with Crippen LogP contribution in [0.3, 0.4) is 0 Å². The molecule has 2 N–H and O–H groups in total. The predicted octanol–water partition coefficient (Wildman–Crippen LogP) is 4.90. The van der Waals surface area contributed by atoms with Crippen molar-refractivity contribution >= 4 is 39.5 Å². The number of rotatable bonds is 4. The van der Waals surface area contributed by atoms with Crippen molar-refractivity contribution in [1.29, 1.82) is 0 Å². The highest BCUT2D eigenvalue weighted by Gasteiger charge is 2.16. The van der Waals surface area contributed by atoms with Crippen LogP contribution in [0.25, 0.3) is 21.5 Å². The smallest absolute Gasteiger partial charge is 0.254 e. The quantitative estimate of drug-likeness (QED) is 0.539. The van der Waals surface area contributed by atoms with Crippen molar-refractivity contribution in [2.24, 2.45) is 0 Å². The molecule has 4 nitrogen and oxygen atoms in total. The Hall–Kier alpha value is -2.44. The number of amides is 1. The molecule has 0 atom stereocenters. The van der Waals surface area contributed by atoms with E-state index in [0.29, 0.717) is 6.54 Å². The Morgan fingerprint density at radius 3 is 2.84 bits per heavy atom. The van der Waals surface area contributed by atoms with Gasteiger partial charge in [-0.2, -0.15) is 0 Å². The third-order valence-corrected chi connectivity index (χ3v) is 5.96. The number of hydrogen-bond acceptors (Lipinski definition) is 4. The van der Waals surface area contributed by atoms with Crippen LogP contribution in [-0.2, 0) is 6.54 Å². The molecule has 0 saturated heterocycles. The normalized spacial score (nSPS) is 11.1. The van der Waals surface area contributed by atoms with Gasteiger partial charge in [-0.1, -0.05) is 18.2 Å². The topological polar surface area (TPSA) is 57.8 Å². The lowest BCUT2D eigenvalue weighted by Crippen LogP contribution is -2.22. The zero-order valence-electron chi connectivity index (χ0n) is 13.9. The van der Waals surface area contributed by atoms with Crippen molar-refractivity contribution < 1.29 is 4.79 Å². The second kappa shape index (κ2) is 6.46. The summed E-state index contributed by atoms with van der Waals surface area (Å²) in [5.41, 5.74) is 3.62. The molecule has 3 heterocycles. The summed E-state index contributed by atoms with van der Waals surface area (Å²) >= 11 is 3.32. The van der Waals surface area contributed by atoms with Crippen LogP contribution < -0.4 is 5.32 Å². The highest BCUT2D eigenvalue weighted by atomic mass is 32.1. The fourth-order valence-corrected chi connectivity index (χ4v) is 4.51. The fraction of sp³-hybridized carbons (Fsp3) is 0.158. The van der Waals surface area contributed by atoms with Crippen molar-refractivity contribution in [3.8, 4) is 10.6 Å². The molecule has 0 radical (unpaired) electrons. The minimum Gasteiger partial charge on any atom is -0.358 e.